The highest BCUT2D eigenvalue weighted by atomic mass is 32.1. The van der Waals surface area contributed by atoms with Gasteiger partial charge in [-0.05, 0) is 19.5 Å². The third kappa shape index (κ3) is 1.83. The van der Waals surface area contributed by atoms with E-state index in [1.165, 1.54) is 4.88 Å². The van der Waals surface area contributed by atoms with Crippen LogP contribution in [0.5, 0.6) is 0 Å². The summed E-state index contributed by atoms with van der Waals surface area (Å²) in [7, 11) is 0. The van der Waals surface area contributed by atoms with E-state index < -0.39 is 0 Å². The summed E-state index contributed by atoms with van der Waals surface area (Å²) < 4.78 is 1.79. The lowest BCUT2D eigenvalue weighted by molar-refractivity contribution is 0.816. The van der Waals surface area contributed by atoms with Crippen molar-refractivity contribution >= 4 is 11.3 Å². The molecule has 14 heavy (non-hydrogen) atoms. The Hall–Kier alpha value is -1.20. The maximum absolute atomic E-state index is 5.45. The Labute approximate surface area is 86.4 Å². The molecule has 0 saturated carbocycles. The fourth-order valence-corrected chi connectivity index (χ4v) is 1.89. The number of thiazole rings is 1. The lowest BCUT2D eigenvalue weighted by atomic mass is 10.3. The van der Waals surface area contributed by atoms with Crippen LogP contribution >= 0.6 is 11.3 Å². The minimum atomic E-state index is 0.633. The van der Waals surface area contributed by atoms with Crippen molar-refractivity contribution in [3.8, 4) is 5.13 Å². The SMILES string of the molecule is Cc1cnc(-n2ccc(CCN)n2)s1. The van der Waals surface area contributed by atoms with E-state index in [4.69, 9.17) is 5.73 Å². The average Bonchev–Trinajstić information content (AvgIpc) is 2.74. The van der Waals surface area contributed by atoms with Crippen molar-refractivity contribution in [3.63, 3.8) is 0 Å². The molecule has 0 fully saturated rings. The van der Waals surface area contributed by atoms with Gasteiger partial charge in [0.05, 0.1) is 5.69 Å². The second-order valence-corrected chi connectivity index (χ2v) is 4.26. The van der Waals surface area contributed by atoms with Crippen molar-refractivity contribution in [1.29, 1.82) is 0 Å². The molecule has 0 aromatic carbocycles. The zero-order valence-corrected chi connectivity index (χ0v) is 8.79. The van der Waals surface area contributed by atoms with Crippen molar-refractivity contribution < 1.29 is 0 Å². The Bertz CT molecular complexity index is 418. The molecular weight excluding hydrogens is 196 g/mol. The number of nitrogens with zero attached hydrogens (tertiary/aromatic N) is 3. The molecule has 2 aromatic rings. The molecule has 2 heterocycles. The predicted octanol–water partition coefficient (Wildman–Crippen LogP) is 1.14. The molecule has 0 radical (unpaired) electrons. The van der Waals surface area contributed by atoms with Crippen molar-refractivity contribution in [3.05, 3.63) is 29.0 Å². The maximum atomic E-state index is 5.45. The summed E-state index contributed by atoms with van der Waals surface area (Å²) in [4.78, 5) is 5.44. The van der Waals surface area contributed by atoms with Gasteiger partial charge in [-0.2, -0.15) is 5.10 Å². The number of aryl methyl sites for hydroxylation is 1. The fourth-order valence-electron chi connectivity index (χ4n) is 1.20. The molecule has 0 saturated heterocycles. The van der Waals surface area contributed by atoms with Gasteiger partial charge in [-0.1, -0.05) is 0 Å². The maximum Gasteiger partial charge on any atom is 0.210 e. The Balaban J connectivity index is 2.24. The van der Waals surface area contributed by atoms with Gasteiger partial charge in [0.25, 0.3) is 0 Å². The van der Waals surface area contributed by atoms with Gasteiger partial charge >= 0.3 is 0 Å². The Kier molecular flexibility index (Phi) is 2.60. The predicted molar refractivity (Wildman–Crippen MR) is 56.7 cm³/mol. The van der Waals surface area contributed by atoms with Crippen molar-refractivity contribution in [2.24, 2.45) is 5.73 Å². The zero-order valence-electron chi connectivity index (χ0n) is 7.97. The Morgan fingerprint density at radius 2 is 2.43 bits per heavy atom. The third-order valence-electron chi connectivity index (χ3n) is 1.85. The van der Waals surface area contributed by atoms with Gasteiger partial charge in [-0.25, -0.2) is 9.67 Å². The molecule has 0 aliphatic rings. The van der Waals surface area contributed by atoms with E-state index >= 15 is 0 Å². The van der Waals surface area contributed by atoms with Gasteiger partial charge in [0.1, 0.15) is 0 Å². The molecule has 0 bridgehead atoms. The molecule has 2 aromatic heterocycles. The molecule has 0 spiro atoms. The van der Waals surface area contributed by atoms with Crippen LogP contribution in [-0.2, 0) is 6.42 Å². The van der Waals surface area contributed by atoms with E-state index in [-0.39, 0.29) is 0 Å². The van der Waals surface area contributed by atoms with Crippen LogP contribution in [-0.4, -0.2) is 21.3 Å². The van der Waals surface area contributed by atoms with Crippen LogP contribution in [0.25, 0.3) is 5.13 Å². The molecule has 0 amide bonds. The molecule has 5 heteroatoms. The van der Waals surface area contributed by atoms with Crippen LogP contribution in [0.3, 0.4) is 0 Å². The molecule has 0 unspecified atom stereocenters. The van der Waals surface area contributed by atoms with Crippen molar-refractivity contribution in [1.82, 2.24) is 14.8 Å². The minimum Gasteiger partial charge on any atom is -0.330 e. The average molecular weight is 208 g/mol. The Morgan fingerprint density at radius 3 is 3.07 bits per heavy atom. The highest BCUT2D eigenvalue weighted by molar-refractivity contribution is 7.13. The normalized spacial score (nSPS) is 10.7. The summed E-state index contributed by atoms with van der Waals surface area (Å²) in [5.74, 6) is 0. The summed E-state index contributed by atoms with van der Waals surface area (Å²) in [5.41, 5.74) is 6.46. The van der Waals surface area contributed by atoms with E-state index in [1.54, 1.807) is 16.0 Å². The van der Waals surface area contributed by atoms with Gasteiger partial charge in [-0.3, -0.25) is 0 Å². The van der Waals surface area contributed by atoms with E-state index in [0.29, 0.717) is 6.54 Å². The van der Waals surface area contributed by atoms with Crippen LogP contribution in [0.15, 0.2) is 18.5 Å². The largest absolute Gasteiger partial charge is 0.330 e. The second kappa shape index (κ2) is 3.89. The van der Waals surface area contributed by atoms with Crippen LogP contribution in [0, 0.1) is 6.92 Å². The molecule has 0 aliphatic carbocycles. The first kappa shape index (κ1) is 9.36. The number of nitrogens with two attached hydrogens (primary N) is 1. The molecule has 74 valence electrons. The summed E-state index contributed by atoms with van der Waals surface area (Å²) in [5, 5.41) is 5.28. The van der Waals surface area contributed by atoms with Gasteiger partial charge in [-0.15, -0.1) is 11.3 Å². The summed E-state index contributed by atoms with van der Waals surface area (Å²) in [6.07, 6.45) is 4.59. The van der Waals surface area contributed by atoms with Gasteiger partial charge < -0.3 is 5.73 Å². The van der Waals surface area contributed by atoms with Crippen LogP contribution in [0.4, 0.5) is 0 Å². The number of hydrogen-bond donors (Lipinski definition) is 1. The minimum absolute atomic E-state index is 0.633. The van der Waals surface area contributed by atoms with Crippen LogP contribution < -0.4 is 5.73 Å². The second-order valence-electron chi connectivity index (χ2n) is 3.04. The molecule has 0 atom stereocenters. The van der Waals surface area contributed by atoms with E-state index in [9.17, 15) is 0 Å². The van der Waals surface area contributed by atoms with E-state index in [1.807, 2.05) is 25.4 Å². The number of rotatable bonds is 3. The number of hydrogen-bond acceptors (Lipinski definition) is 4. The third-order valence-corrected chi connectivity index (χ3v) is 2.75. The van der Waals surface area contributed by atoms with Crippen LogP contribution in [0.2, 0.25) is 0 Å². The molecule has 0 aliphatic heterocycles. The van der Waals surface area contributed by atoms with Crippen LogP contribution in [0.1, 0.15) is 10.6 Å². The first-order chi connectivity index (χ1) is 6.79. The summed E-state index contributed by atoms with van der Waals surface area (Å²) in [6.45, 7) is 2.67. The first-order valence-electron chi connectivity index (χ1n) is 4.47. The summed E-state index contributed by atoms with van der Waals surface area (Å²) in [6, 6.07) is 1.98. The van der Waals surface area contributed by atoms with Gasteiger partial charge in [0.2, 0.25) is 5.13 Å². The van der Waals surface area contributed by atoms with Crippen molar-refractivity contribution in [2.75, 3.05) is 6.54 Å². The molecule has 2 N–H and O–H groups in total. The number of aromatic nitrogens is 3. The molecular formula is C9H12N4S. The van der Waals surface area contributed by atoms with E-state index in [2.05, 4.69) is 10.1 Å². The van der Waals surface area contributed by atoms with E-state index in [0.717, 1.165) is 17.2 Å². The molecule has 4 nitrogen and oxygen atoms in total. The van der Waals surface area contributed by atoms with Gasteiger partial charge in [0.15, 0.2) is 0 Å². The lowest BCUT2D eigenvalue weighted by Gasteiger charge is -1.93. The fraction of sp³-hybridized carbons (Fsp3) is 0.333. The van der Waals surface area contributed by atoms with Crippen molar-refractivity contribution in [2.45, 2.75) is 13.3 Å². The quantitative estimate of drug-likeness (QED) is 0.823. The topological polar surface area (TPSA) is 56.7 Å². The monoisotopic (exact) mass is 208 g/mol. The molecule has 2 rings (SSSR count). The lowest BCUT2D eigenvalue weighted by Crippen LogP contribution is -2.04. The van der Waals surface area contributed by atoms with Gasteiger partial charge in [0, 0.05) is 23.7 Å². The smallest absolute Gasteiger partial charge is 0.210 e. The standard InChI is InChI=1S/C9H12N4S/c1-7-6-11-9(14-7)13-5-3-8(12-13)2-4-10/h3,5-6H,2,4,10H2,1H3. The highest BCUT2D eigenvalue weighted by Gasteiger charge is 2.03. The Morgan fingerprint density at radius 1 is 1.57 bits per heavy atom. The summed E-state index contributed by atoms with van der Waals surface area (Å²) >= 11 is 1.63. The highest BCUT2D eigenvalue weighted by Crippen LogP contribution is 2.15. The zero-order chi connectivity index (χ0) is 9.97. The first-order valence-corrected chi connectivity index (χ1v) is 5.28.